The molecule has 0 unspecified atom stereocenters. The van der Waals surface area contributed by atoms with Crippen LogP contribution in [0.25, 0.3) is 6.08 Å². The number of ketones is 1. The van der Waals surface area contributed by atoms with E-state index in [4.69, 9.17) is 14.2 Å². The molecule has 0 saturated carbocycles. The van der Waals surface area contributed by atoms with Crippen molar-refractivity contribution >= 4 is 11.9 Å². The number of carbonyl (C=O) groups excluding carboxylic acids is 1. The summed E-state index contributed by atoms with van der Waals surface area (Å²) in [6.07, 6.45) is 2.63. The van der Waals surface area contributed by atoms with E-state index in [-0.39, 0.29) is 40.1 Å². The number of carbonyl (C=O) groups is 1. The number of hydrogen-bond acceptors (Lipinski definition) is 7. The third-order valence-electron chi connectivity index (χ3n) is 3.48. The van der Waals surface area contributed by atoms with Crippen LogP contribution in [0.15, 0.2) is 30.3 Å². The van der Waals surface area contributed by atoms with Crippen LogP contribution in [-0.2, 0) is 0 Å². The van der Waals surface area contributed by atoms with Gasteiger partial charge in [0.05, 0.1) is 21.3 Å². The van der Waals surface area contributed by atoms with Gasteiger partial charge in [0.25, 0.3) is 0 Å². The van der Waals surface area contributed by atoms with Gasteiger partial charge in [-0.25, -0.2) is 0 Å². The predicted molar refractivity (Wildman–Crippen MR) is 90.9 cm³/mol. The molecule has 7 nitrogen and oxygen atoms in total. The van der Waals surface area contributed by atoms with Crippen LogP contribution in [0.3, 0.4) is 0 Å². The van der Waals surface area contributed by atoms with Gasteiger partial charge in [-0.3, -0.25) is 4.79 Å². The average molecular weight is 346 g/mol. The summed E-state index contributed by atoms with van der Waals surface area (Å²) in [5.74, 6) is -0.977. The lowest BCUT2D eigenvalue weighted by Gasteiger charge is -2.15. The Morgan fingerprint density at radius 1 is 0.880 bits per heavy atom. The van der Waals surface area contributed by atoms with Crippen LogP contribution >= 0.6 is 0 Å². The van der Waals surface area contributed by atoms with Crippen LogP contribution in [-0.4, -0.2) is 42.4 Å². The normalized spacial score (nSPS) is 10.7. The first-order valence-corrected chi connectivity index (χ1v) is 7.19. The molecule has 0 atom stereocenters. The van der Waals surface area contributed by atoms with E-state index in [1.165, 1.54) is 57.7 Å². The highest BCUT2D eigenvalue weighted by Crippen LogP contribution is 2.45. The molecular weight excluding hydrogens is 328 g/mol. The second-order valence-electron chi connectivity index (χ2n) is 4.99. The maximum absolute atomic E-state index is 12.5. The molecule has 0 aliphatic rings. The molecular formula is C18H18O7. The van der Waals surface area contributed by atoms with Crippen LogP contribution in [0.2, 0.25) is 0 Å². The first-order chi connectivity index (χ1) is 11.9. The van der Waals surface area contributed by atoms with E-state index in [1.807, 2.05) is 0 Å². The third kappa shape index (κ3) is 3.60. The van der Waals surface area contributed by atoms with Gasteiger partial charge in [-0.15, -0.1) is 0 Å². The van der Waals surface area contributed by atoms with Crippen molar-refractivity contribution in [2.24, 2.45) is 0 Å². The molecule has 0 fully saturated rings. The monoisotopic (exact) mass is 346 g/mol. The van der Waals surface area contributed by atoms with E-state index in [9.17, 15) is 20.1 Å². The molecule has 2 rings (SSSR count). The van der Waals surface area contributed by atoms with Crippen molar-refractivity contribution in [1.82, 2.24) is 0 Å². The Labute approximate surface area is 144 Å². The van der Waals surface area contributed by atoms with E-state index in [1.54, 1.807) is 0 Å². The van der Waals surface area contributed by atoms with Gasteiger partial charge < -0.3 is 29.5 Å². The van der Waals surface area contributed by atoms with E-state index in [0.717, 1.165) is 0 Å². The predicted octanol–water partition coefficient (Wildman–Crippen LogP) is 2.73. The van der Waals surface area contributed by atoms with E-state index >= 15 is 0 Å². The molecule has 0 spiro atoms. The number of hydrogen-bond donors (Lipinski definition) is 3. The smallest absolute Gasteiger partial charge is 0.204 e. The van der Waals surface area contributed by atoms with Crippen molar-refractivity contribution in [3.05, 3.63) is 41.5 Å². The minimum atomic E-state index is -0.539. The molecule has 25 heavy (non-hydrogen) atoms. The first kappa shape index (κ1) is 18.0. The number of rotatable bonds is 6. The van der Waals surface area contributed by atoms with Gasteiger partial charge in [0.15, 0.2) is 28.8 Å². The zero-order valence-electron chi connectivity index (χ0n) is 13.9. The molecule has 0 heterocycles. The number of ether oxygens (including phenoxy) is 3. The van der Waals surface area contributed by atoms with Gasteiger partial charge in [-0.1, -0.05) is 12.1 Å². The minimum Gasteiger partial charge on any atom is -0.507 e. The number of aromatic hydroxyl groups is 3. The fourth-order valence-corrected chi connectivity index (χ4v) is 2.28. The lowest BCUT2D eigenvalue weighted by Crippen LogP contribution is -2.03. The Balaban J connectivity index is 2.44. The number of methoxy groups -OCH3 is 3. The van der Waals surface area contributed by atoms with Gasteiger partial charge >= 0.3 is 0 Å². The van der Waals surface area contributed by atoms with Crippen LogP contribution in [0.1, 0.15) is 15.9 Å². The van der Waals surface area contributed by atoms with E-state index < -0.39 is 5.78 Å². The topological polar surface area (TPSA) is 105 Å². The quantitative estimate of drug-likeness (QED) is 0.419. The second-order valence-corrected chi connectivity index (χ2v) is 4.99. The lowest BCUT2D eigenvalue weighted by atomic mass is 10.0. The van der Waals surface area contributed by atoms with Crippen LogP contribution < -0.4 is 14.2 Å². The van der Waals surface area contributed by atoms with Gasteiger partial charge in [0.2, 0.25) is 5.75 Å². The Kier molecular flexibility index (Phi) is 5.38. The minimum absolute atomic E-state index is 0.0440. The van der Waals surface area contributed by atoms with E-state index in [0.29, 0.717) is 5.56 Å². The molecule has 0 aliphatic heterocycles. The van der Waals surface area contributed by atoms with Crippen LogP contribution in [0, 0.1) is 0 Å². The molecule has 2 aromatic carbocycles. The van der Waals surface area contributed by atoms with Gasteiger partial charge in [-0.2, -0.15) is 0 Å². The van der Waals surface area contributed by atoms with Crippen LogP contribution in [0.5, 0.6) is 34.5 Å². The summed E-state index contributed by atoms with van der Waals surface area (Å²) >= 11 is 0. The molecule has 0 amide bonds. The summed E-state index contributed by atoms with van der Waals surface area (Å²) in [5.41, 5.74) is 0.405. The molecule has 2 aromatic rings. The Morgan fingerprint density at radius 2 is 1.56 bits per heavy atom. The van der Waals surface area contributed by atoms with Crippen molar-refractivity contribution < 1.29 is 34.3 Å². The van der Waals surface area contributed by atoms with Crippen molar-refractivity contribution in [2.45, 2.75) is 0 Å². The highest BCUT2D eigenvalue weighted by atomic mass is 16.5. The molecule has 0 aliphatic carbocycles. The third-order valence-corrected chi connectivity index (χ3v) is 3.48. The molecule has 0 saturated heterocycles. The molecule has 0 aromatic heterocycles. The van der Waals surface area contributed by atoms with Crippen molar-refractivity contribution in [3.63, 3.8) is 0 Å². The molecule has 0 radical (unpaired) electrons. The SMILES string of the molecule is COc1cc(O)c(C(=O)/C=C/c2ccc(O)c(O)c2)c(OC)c1OC. The largest absolute Gasteiger partial charge is 0.507 e. The lowest BCUT2D eigenvalue weighted by molar-refractivity contribution is 0.104. The number of benzene rings is 2. The number of phenols is 3. The summed E-state index contributed by atoms with van der Waals surface area (Å²) in [6, 6.07) is 5.37. The highest BCUT2D eigenvalue weighted by molar-refractivity contribution is 6.11. The maximum Gasteiger partial charge on any atom is 0.204 e. The van der Waals surface area contributed by atoms with E-state index in [2.05, 4.69) is 0 Å². The summed E-state index contributed by atoms with van der Waals surface area (Å²) in [4.78, 5) is 12.5. The summed E-state index contributed by atoms with van der Waals surface area (Å²) in [6.45, 7) is 0. The molecule has 0 bridgehead atoms. The highest BCUT2D eigenvalue weighted by Gasteiger charge is 2.24. The van der Waals surface area contributed by atoms with Crippen molar-refractivity contribution in [1.29, 1.82) is 0 Å². The first-order valence-electron chi connectivity index (χ1n) is 7.19. The Morgan fingerprint density at radius 3 is 2.12 bits per heavy atom. The second kappa shape index (κ2) is 7.48. The fourth-order valence-electron chi connectivity index (χ4n) is 2.28. The summed E-state index contributed by atoms with van der Waals surface area (Å²) < 4.78 is 15.5. The van der Waals surface area contributed by atoms with Crippen LogP contribution in [0.4, 0.5) is 0 Å². The Bertz CT molecular complexity index is 825. The van der Waals surface area contributed by atoms with Crippen molar-refractivity contribution in [2.75, 3.05) is 21.3 Å². The average Bonchev–Trinajstić information content (AvgIpc) is 2.61. The van der Waals surface area contributed by atoms with Crippen molar-refractivity contribution in [3.8, 4) is 34.5 Å². The van der Waals surface area contributed by atoms with Gasteiger partial charge in [0.1, 0.15) is 11.3 Å². The number of allylic oxidation sites excluding steroid dienone is 1. The molecule has 132 valence electrons. The molecule has 3 N–H and O–H groups in total. The number of phenolic OH excluding ortho intramolecular Hbond substituents is 3. The summed E-state index contributed by atoms with van der Waals surface area (Å²) in [7, 11) is 4.13. The summed E-state index contributed by atoms with van der Waals surface area (Å²) in [5, 5.41) is 28.9. The zero-order chi connectivity index (χ0) is 18.6. The van der Waals surface area contributed by atoms with Gasteiger partial charge in [0, 0.05) is 6.07 Å². The standard InChI is InChI=1S/C18H18O7/c1-23-15-9-14(22)16(18(25-3)17(15)24-2)12(20)7-5-10-4-6-11(19)13(21)8-10/h4-9,19,21-22H,1-3H3/b7-5+. The Hall–Kier alpha value is -3.35. The van der Waals surface area contributed by atoms with Gasteiger partial charge in [-0.05, 0) is 23.8 Å². The molecule has 7 heteroatoms. The zero-order valence-corrected chi connectivity index (χ0v) is 13.9. The fraction of sp³-hybridized carbons (Fsp3) is 0.167. The maximum atomic E-state index is 12.5.